The summed E-state index contributed by atoms with van der Waals surface area (Å²) in [6.45, 7) is 29.8. The molecule has 0 atom stereocenters. The maximum Gasteiger partial charge on any atom is 0.264 e. The molecule has 2 aliphatic heterocycles. The topological polar surface area (TPSA) is 9.72 Å². The number of para-hydroxylation sites is 3. The fourth-order valence-corrected chi connectivity index (χ4v) is 15.5. The van der Waals surface area contributed by atoms with E-state index in [1.54, 1.807) is 0 Å². The highest BCUT2D eigenvalue weighted by atomic mass is 32.1. The first-order chi connectivity index (χ1) is 34.7. The third-order valence-corrected chi connectivity index (χ3v) is 20.2. The van der Waals surface area contributed by atoms with E-state index in [0.717, 1.165) is 23.5 Å². The Kier molecular flexibility index (Phi) is 10.1. The summed E-state index contributed by atoms with van der Waals surface area (Å²) >= 11 is 2.06. The molecule has 368 valence electrons. The minimum absolute atomic E-state index is 0.0109. The van der Waals surface area contributed by atoms with Crippen LogP contribution < -0.4 is 30.4 Å². The van der Waals surface area contributed by atoms with Crippen LogP contribution in [0.2, 0.25) is 0 Å². The molecule has 0 bridgehead atoms. The van der Waals surface area contributed by atoms with E-state index >= 15 is 0 Å². The van der Waals surface area contributed by atoms with Gasteiger partial charge in [0, 0.05) is 54.7 Å². The van der Waals surface area contributed by atoms with Crippen LogP contribution in [0, 0.1) is 0 Å². The number of hydrogen-bond donors (Lipinski definition) is 0. The summed E-state index contributed by atoms with van der Waals surface area (Å²) in [7, 11) is 0. The van der Waals surface area contributed by atoms with Crippen molar-refractivity contribution in [2.24, 2.45) is 0 Å². The number of benzene rings is 7. The molecule has 0 spiro atoms. The predicted octanol–water partition coefficient (Wildman–Crippen LogP) is 17.5. The molecular formula is C68H72BN3S. The van der Waals surface area contributed by atoms with Crippen LogP contribution in [0.25, 0.3) is 10.1 Å². The van der Waals surface area contributed by atoms with Crippen molar-refractivity contribution in [3.8, 4) is 0 Å². The van der Waals surface area contributed by atoms with Gasteiger partial charge in [0.05, 0.1) is 11.4 Å². The number of rotatable bonds is 5. The molecule has 73 heavy (non-hydrogen) atoms. The van der Waals surface area contributed by atoms with Gasteiger partial charge in [-0.2, -0.15) is 0 Å². The number of fused-ring (bicyclic) bond motifs is 9. The van der Waals surface area contributed by atoms with E-state index in [1.165, 1.54) is 125 Å². The lowest BCUT2D eigenvalue weighted by Gasteiger charge is -2.48. The van der Waals surface area contributed by atoms with E-state index < -0.39 is 0 Å². The Morgan fingerprint density at radius 2 is 0.849 bits per heavy atom. The van der Waals surface area contributed by atoms with Crippen molar-refractivity contribution in [1.82, 2.24) is 0 Å². The minimum atomic E-state index is 0.0109. The van der Waals surface area contributed by atoms with Crippen molar-refractivity contribution in [2.75, 3.05) is 14.7 Å². The Morgan fingerprint density at radius 1 is 0.397 bits per heavy atom. The zero-order valence-corrected chi connectivity index (χ0v) is 46.2. The molecule has 0 N–H and O–H groups in total. The second kappa shape index (κ2) is 15.7. The molecule has 8 aromatic rings. The van der Waals surface area contributed by atoms with Gasteiger partial charge in [-0.15, -0.1) is 11.3 Å². The molecule has 5 heteroatoms. The van der Waals surface area contributed by atoms with Gasteiger partial charge >= 0.3 is 0 Å². The van der Waals surface area contributed by atoms with E-state index in [4.69, 9.17) is 0 Å². The van der Waals surface area contributed by atoms with Crippen LogP contribution in [0.3, 0.4) is 0 Å². The standard InChI is InChI=1S/C68H72BN3S/c1-63(2)30-31-64(3,4)50-36-46(28-29-49(50)63)71-56-41-53-52(66(7,8)33-34-67(53,9)10)40-55(56)69-60-57(71)37-47(70(43-22-16-13-17-23-43)44-24-18-14-19-25-44)38-58(60)72(45-26-20-15-21-27-45)61-48-39-51-54(42-59(48)73-62(61)69)68(11,12)35-32-65(51,5)6/h13-29,36-42H,30-35H2,1-12H3. The van der Waals surface area contributed by atoms with Gasteiger partial charge in [0.2, 0.25) is 0 Å². The highest BCUT2D eigenvalue weighted by Crippen LogP contribution is 2.56. The Bertz CT molecular complexity index is 3500. The third kappa shape index (κ3) is 7.03. The number of nitrogens with zero attached hydrogens (tertiary/aromatic N) is 3. The van der Waals surface area contributed by atoms with Gasteiger partial charge in [0.25, 0.3) is 6.71 Å². The van der Waals surface area contributed by atoms with Crippen molar-refractivity contribution in [3.63, 3.8) is 0 Å². The molecule has 7 aromatic carbocycles. The second-order valence-electron chi connectivity index (χ2n) is 26.5. The number of thiophene rings is 1. The molecule has 0 amide bonds. The molecule has 0 saturated carbocycles. The van der Waals surface area contributed by atoms with Crippen LogP contribution in [0.15, 0.2) is 146 Å². The molecule has 1 aromatic heterocycles. The minimum Gasteiger partial charge on any atom is -0.311 e. The van der Waals surface area contributed by atoms with Gasteiger partial charge in [0.15, 0.2) is 0 Å². The molecule has 0 radical (unpaired) electrons. The predicted molar refractivity (Wildman–Crippen MR) is 316 cm³/mol. The van der Waals surface area contributed by atoms with Crippen molar-refractivity contribution >= 4 is 95.0 Å². The second-order valence-corrected chi connectivity index (χ2v) is 27.6. The first-order valence-corrected chi connectivity index (χ1v) is 28.2. The smallest absolute Gasteiger partial charge is 0.264 e. The fourth-order valence-electron chi connectivity index (χ4n) is 14.2. The zero-order valence-electron chi connectivity index (χ0n) is 45.4. The van der Waals surface area contributed by atoms with Crippen molar-refractivity contribution in [3.05, 3.63) is 179 Å². The highest BCUT2D eigenvalue weighted by Gasteiger charge is 2.49. The molecule has 5 aliphatic rings. The Morgan fingerprint density at radius 3 is 1.40 bits per heavy atom. The van der Waals surface area contributed by atoms with Gasteiger partial charge < -0.3 is 14.7 Å². The maximum absolute atomic E-state index is 2.73. The normalized spacial score (nSPS) is 19.8. The SMILES string of the molecule is CC1(C)CCC(C)(C)c2cc(N3c4cc5c(cc4B4c6sc7cc8c(cc7c6N(c6ccccc6)c6cc(N(c7ccccc7)c7ccccc7)cc3c64)C(C)(C)CCC8(C)C)C(C)(C)CCC5(C)C)ccc21. The molecule has 0 saturated heterocycles. The lowest BCUT2D eigenvalue weighted by molar-refractivity contribution is 0.332. The zero-order chi connectivity index (χ0) is 50.8. The Hall–Kier alpha value is -6.04. The Labute approximate surface area is 440 Å². The molecule has 0 unspecified atom stereocenters. The first kappa shape index (κ1) is 46.7. The van der Waals surface area contributed by atoms with Crippen LogP contribution >= 0.6 is 11.3 Å². The molecular weight excluding hydrogens is 902 g/mol. The van der Waals surface area contributed by atoms with Crippen LogP contribution in [0.1, 0.15) is 155 Å². The van der Waals surface area contributed by atoms with Crippen molar-refractivity contribution in [1.29, 1.82) is 0 Å². The molecule has 3 heterocycles. The summed E-state index contributed by atoms with van der Waals surface area (Å²) in [5.74, 6) is 0. The van der Waals surface area contributed by atoms with Crippen LogP contribution in [-0.2, 0) is 32.5 Å². The quantitative estimate of drug-likeness (QED) is 0.159. The summed E-state index contributed by atoms with van der Waals surface area (Å²) < 4.78 is 2.84. The van der Waals surface area contributed by atoms with Gasteiger partial charge in [-0.05, 0) is 194 Å². The van der Waals surface area contributed by atoms with Crippen molar-refractivity contribution < 1.29 is 0 Å². The van der Waals surface area contributed by atoms with Gasteiger partial charge in [-0.1, -0.05) is 150 Å². The first-order valence-electron chi connectivity index (χ1n) is 27.3. The van der Waals surface area contributed by atoms with Crippen LogP contribution in [-0.4, -0.2) is 6.71 Å². The number of hydrogen-bond acceptors (Lipinski definition) is 4. The van der Waals surface area contributed by atoms with Gasteiger partial charge in [0.1, 0.15) is 0 Å². The largest absolute Gasteiger partial charge is 0.311 e. The highest BCUT2D eigenvalue weighted by molar-refractivity contribution is 7.33. The average molecular weight is 974 g/mol. The van der Waals surface area contributed by atoms with Crippen LogP contribution in [0.4, 0.5) is 51.2 Å². The summed E-state index contributed by atoms with van der Waals surface area (Å²) in [6.07, 6.45) is 7.05. The summed E-state index contributed by atoms with van der Waals surface area (Å²) in [6, 6.07) is 56.7. The number of anilines is 9. The van der Waals surface area contributed by atoms with E-state index in [0.29, 0.717) is 0 Å². The van der Waals surface area contributed by atoms with Crippen LogP contribution in [0.5, 0.6) is 0 Å². The third-order valence-electron chi connectivity index (χ3n) is 19.0. The van der Waals surface area contributed by atoms with Gasteiger partial charge in [-0.3, -0.25) is 0 Å². The van der Waals surface area contributed by atoms with E-state index in [2.05, 4.69) is 255 Å². The lowest BCUT2D eigenvalue weighted by Crippen LogP contribution is -2.61. The molecule has 0 fully saturated rings. The summed E-state index contributed by atoms with van der Waals surface area (Å²) in [5.41, 5.74) is 23.2. The van der Waals surface area contributed by atoms with Gasteiger partial charge in [-0.25, -0.2) is 0 Å². The molecule has 3 aliphatic carbocycles. The maximum atomic E-state index is 2.73. The monoisotopic (exact) mass is 974 g/mol. The van der Waals surface area contributed by atoms with Crippen molar-refractivity contribution in [2.45, 2.75) is 154 Å². The van der Waals surface area contributed by atoms with E-state index in [1.807, 2.05) is 0 Å². The van der Waals surface area contributed by atoms with E-state index in [9.17, 15) is 0 Å². The summed E-state index contributed by atoms with van der Waals surface area (Å²) in [4.78, 5) is 7.90. The average Bonchev–Trinajstić information content (AvgIpc) is 3.74. The van der Waals surface area contributed by atoms with E-state index in [-0.39, 0.29) is 39.2 Å². The molecule has 3 nitrogen and oxygen atoms in total. The Balaban J connectivity index is 1.20. The lowest BCUT2D eigenvalue weighted by atomic mass is 9.35. The molecule has 13 rings (SSSR count). The fraction of sp³-hybridized carbons (Fsp3) is 0.353. The summed E-state index contributed by atoms with van der Waals surface area (Å²) in [5, 5.41) is 1.37.